The van der Waals surface area contributed by atoms with Crippen molar-refractivity contribution in [3.8, 4) is 0 Å². The molecule has 0 aliphatic heterocycles. The van der Waals surface area contributed by atoms with E-state index in [0.717, 1.165) is 19.3 Å². The Kier molecular flexibility index (Phi) is 8.71. The normalized spacial score (nSPS) is 20.0. The van der Waals surface area contributed by atoms with E-state index in [1.165, 1.54) is 11.9 Å². The molecule has 0 aromatic heterocycles. The minimum absolute atomic E-state index is 0.0684. The Labute approximate surface area is 183 Å². The van der Waals surface area contributed by atoms with E-state index in [1.807, 2.05) is 20.8 Å². The van der Waals surface area contributed by atoms with Crippen molar-refractivity contribution in [3.05, 3.63) is 34.9 Å². The molecular formula is C23H32ClNO5. The maximum atomic E-state index is 13.0. The molecule has 0 heterocycles. The highest BCUT2D eigenvalue weighted by atomic mass is 35.5. The molecule has 1 aromatic carbocycles. The zero-order chi connectivity index (χ0) is 22.3. The number of likely N-dealkylation sites (N-methyl/N-ethyl adjacent to an activating group) is 1. The summed E-state index contributed by atoms with van der Waals surface area (Å²) in [4.78, 5) is 39.5. The predicted molar refractivity (Wildman–Crippen MR) is 115 cm³/mol. The van der Waals surface area contributed by atoms with E-state index in [-0.39, 0.29) is 23.6 Å². The van der Waals surface area contributed by atoms with E-state index >= 15 is 0 Å². The van der Waals surface area contributed by atoms with Gasteiger partial charge in [0.05, 0.1) is 5.92 Å². The molecule has 0 N–H and O–H groups in total. The minimum Gasteiger partial charge on any atom is -0.428 e. The van der Waals surface area contributed by atoms with Gasteiger partial charge in [0.1, 0.15) is 5.54 Å². The summed E-state index contributed by atoms with van der Waals surface area (Å²) in [7, 11) is 1.53. The number of carbonyl (C=O) groups is 3. The first-order chi connectivity index (χ1) is 14.3. The third-order valence-corrected chi connectivity index (χ3v) is 6.24. The van der Waals surface area contributed by atoms with Gasteiger partial charge in [0.15, 0.2) is 5.78 Å². The zero-order valence-corrected chi connectivity index (χ0v) is 19.0. The number of amides is 1. The molecule has 1 aliphatic carbocycles. The van der Waals surface area contributed by atoms with E-state index < -0.39 is 18.4 Å². The largest absolute Gasteiger partial charge is 0.428 e. The number of rotatable bonds is 8. The fraction of sp³-hybridized carbons (Fsp3) is 0.609. The predicted octanol–water partition coefficient (Wildman–Crippen LogP) is 5.32. The molecule has 0 bridgehead atoms. The second-order valence-corrected chi connectivity index (χ2v) is 8.57. The fourth-order valence-corrected chi connectivity index (χ4v) is 4.45. The summed E-state index contributed by atoms with van der Waals surface area (Å²) in [5.41, 5.74) is -0.587. The number of hydrogen-bond acceptors (Lipinski definition) is 5. The van der Waals surface area contributed by atoms with Crippen LogP contribution in [0.15, 0.2) is 24.3 Å². The molecule has 6 nitrogen and oxygen atoms in total. The SMILES string of the molecule is CCC[C@H](C(=O)OCOC(=O)N(C)[C@]1(c2ccccc2Cl)CCCCC1=O)C(C)C. The Bertz CT molecular complexity index is 766. The number of ether oxygens (including phenoxy) is 2. The van der Waals surface area contributed by atoms with Crippen LogP contribution in [-0.2, 0) is 24.6 Å². The molecule has 0 unspecified atom stereocenters. The lowest BCUT2D eigenvalue weighted by molar-refractivity contribution is -0.160. The standard InChI is InChI=1S/C23H32ClNO5/c1-5-10-17(16(2)3)21(27)29-15-30-22(28)25(4)23(14-9-8-13-20(23)26)18-11-6-7-12-19(18)24/h6-7,11-12,16-17H,5,8-10,13-15H2,1-4H3/t17-,23-/m0/s1. The lowest BCUT2D eigenvalue weighted by Crippen LogP contribution is -2.54. The van der Waals surface area contributed by atoms with Crippen LogP contribution >= 0.6 is 11.6 Å². The van der Waals surface area contributed by atoms with Crippen molar-refractivity contribution < 1.29 is 23.9 Å². The number of ketones is 1. The van der Waals surface area contributed by atoms with Crippen molar-refractivity contribution in [1.82, 2.24) is 4.90 Å². The molecule has 0 saturated heterocycles. The Morgan fingerprint density at radius 1 is 1.20 bits per heavy atom. The Balaban J connectivity index is 2.13. The van der Waals surface area contributed by atoms with Crippen LogP contribution in [-0.4, -0.2) is 36.6 Å². The van der Waals surface area contributed by atoms with Crippen LogP contribution in [0.3, 0.4) is 0 Å². The van der Waals surface area contributed by atoms with Crippen molar-refractivity contribution in [2.45, 2.75) is 64.8 Å². The van der Waals surface area contributed by atoms with Gasteiger partial charge in [-0.1, -0.05) is 57.0 Å². The zero-order valence-electron chi connectivity index (χ0n) is 18.3. The molecule has 1 saturated carbocycles. The smallest absolute Gasteiger partial charge is 0.413 e. The van der Waals surface area contributed by atoms with Gasteiger partial charge in [0, 0.05) is 24.1 Å². The van der Waals surface area contributed by atoms with Gasteiger partial charge in [-0.3, -0.25) is 14.5 Å². The number of carbonyl (C=O) groups excluding carboxylic acids is 3. The van der Waals surface area contributed by atoms with Gasteiger partial charge in [0.25, 0.3) is 0 Å². The van der Waals surface area contributed by atoms with Crippen LogP contribution in [0, 0.1) is 11.8 Å². The summed E-state index contributed by atoms with van der Waals surface area (Å²) < 4.78 is 10.4. The average molecular weight is 438 g/mol. The number of Topliss-reactive ketones (excluding diaryl/α,β-unsaturated/α-hetero) is 1. The molecule has 0 spiro atoms. The van der Waals surface area contributed by atoms with E-state index in [2.05, 4.69) is 0 Å². The lowest BCUT2D eigenvalue weighted by Gasteiger charge is -2.43. The van der Waals surface area contributed by atoms with Gasteiger partial charge >= 0.3 is 12.1 Å². The summed E-state index contributed by atoms with van der Waals surface area (Å²) in [6.07, 6.45) is 3.25. The molecule has 1 aromatic rings. The summed E-state index contributed by atoms with van der Waals surface area (Å²) in [5.74, 6) is -0.544. The fourth-order valence-electron chi connectivity index (χ4n) is 4.16. The Hall–Kier alpha value is -2.08. The quantitative estimate of drug-likeness (QED) is 0.406. The van der Waals surface area contributed by atoms with Crippen LogP contribution < -0.4 is 0 Å². The highest BCUT2D eigenvalue weighted by molar-refractivity contribution is 6.31. The summed E-state index contributed by atoms with van der Waals surface area (Å²) >= 11 is 6.40. The highest BCUT2D eigenvalue weighted by Gasteiger charge is 2.48. The Morgan fingerprint density at radius 3 is 2.50 bits per heavy atom. The Morgan fingerprint density at radius 2 is 1.90 bits per heavy atom. The molecule has 1 amide bonds. The molecule has 7 heteroatoms. The van der Waals surface area contributed by atoms with Crippen LogP contribution in [0.25, 0.3) is 0 Å². The van der Waals surface area contributed by atoms with Crippen LogP contribution in [0.1, 0.15) is 64.9 Å². The first-order valence-corrected chi connectivity index (χ1v) is 11.0. The number of hydrogen-bond donors (Lipinski definition) is 0. The van der Waals surface area contributed by atoms with Crippen molar-refractivity contribution in [1.29, 1.82) is 0 Å². The molecule has 1 fully saturated rings. The molecule has 2 atom stereocenters. The van der Waals surface area contributed by atoms with E-state index in [4.69, 9.17) is 21.1 Å². The molecule has 2 rings (SSSR count). The summed E-state index contributed by atoms with van der Waals surface area (Å²) in [6, 6.07) is 7.06. The van der Waals surface area contributed by atoms with Crippen LogP contribution in [0.5, 0.6) is 0 Å². The molecular weight excluding hydrogens is 406 g/mol. The monoisotopic (exact) mass is 437 g/mol. The van der Waals surface area contributed by atoms with E-state index in [0.29, 0.717) is 29.8 Å². The third-order valence-electron chi connectivity index (χ3n) is 5.91. The molecule has 30 heavy (non-hydrogen) atoms. The number of nitrogens with zero attached hydrogens (tertiary/aromatic N) is 1. The van der Waals surface area contributed by atoms with Gasteiger partial charge in [-0.15, -0.1) is 0 Å². The van der Waals surface area contributed by atoms with Gasteiger partial charge in [-0.25, -0.2) is 4.79 Å². The van der Waals surface area contributed by atoms with Gasteiger partial charge in [-0.05, 0) is 37.7 Å². The lowest BCUT2D eigenvalue weighted by atomic mass is 9.74. The van der Waals surface area contributed by atoms with Crippen LogP contribution in [0.4, 0.5) is 4.79 Å². The second-order valence-electron chi connectivity index (χ2n) is 8.16. The van der Waals surface area contributed by atoms with Crippen LogP contribution in [0.2, 0.25) is 5.02 Å². The van der Waals surface area contributed by atoms with Crippen molar-refractivity contribution >= 4 is 29.4 Å². The summed E-state index contributed by atoms with van der Waals surface area (Å²) in [6.45, 7) is 5.45. The number of halogens is 1. The number of benzene rings is 1. The van der Waals surface area contributed by atoms with Crippen molar-refractivity contribution in [3.63, 3.8) is 0 Å². The molecule has 0 radical (unpaired) electrons. The highest BCUT2D eigenvalue weighted by Crippen LogP contribution is 2.42. The van der Waals surface area contributed by atoms with Crippen molar-refractivity contribution in [2.24, 2.45) is 11.8 Å². The van der Waals surface area contributed by atoms with E-state index in [9.17, 15) is 14.4 Å². The van der Waals surface area contributed by atoms with E-state index in [1.54, 1.807) is 24.3 Å². The third kappa shape index (κ3) is 5.15. The summed E-state index contributed by atoms with van der Waals surface area (Å²) in [5, 5.41) is 0.429. The van der Waals surface area contributed by atoms with Gasteiger partial charge in [0.2, 0.25) is 6.79 Å². The second kappa shape index (κ2) is 10.8. The number of esters is 1. The molecule has 166 valence electrons. The molecule has 1 aliphatic rings. The minimum atomic E-state index is -1.18. The van der Waals surface area contributed by atoms with Gasteiger partial charge in [-0.2, -0.15) is 0 Å². The van der Waals surface area contributed by atoms with Crippen molar-refractivity contribution in [2.75, 3.05) is 13.8 Å². The topological polar surface area (TPSA) is 72.9 Å². The first kappa shape index (κ1) is 24.2. The van der Waals surface area contributed by atoms with Gasteiger partial charge < -0.3 is 9.47 Å². The maximum absolute atomic E-state index is 13.0. The maximum Gasteiger partial charge on any atom is 0.413 e. The average Bonchev–Trinajstić information content (AvgIpc) is 2.72. The first-order valence-electron chi connectivity index (χ1n) is 10.6.